The van der Waals surface area contributed by atoms with Gasteiger partial charge in [-0.15, -0.1) is 0 Å². The lowest BCUT2D eigenvalue weighted by molar-refractivity contribution is 0.475. The number of hydrogen-bond acceptors (Lipinski definition) is 3. The summed E-state index contributed by atoms with van der Waals surface area (Å²) >= 11 is 5.81. The molecule has 0 aliphatic heterocycles. The standard InChI is InChI=1S/C14H6ClFN2O/c15-11-3-1-10(8-18)14(5-11)19-12-4-2-9(7-17)13(16)6-12/h1-6H. The van der Waals surface area contributed by atoms with Gasteiger partial charge in [0.25, 0.3) is 0 Å². The topological polar surface area (TPSA) is 56.8 Å². The number of halogens is 2. The Balaban J connectivity index is 2.37. The van der Waals surface area contributed by atoms with E-state index < -0.39 is 5.82 Å². The minimum absolute atomic E-state index is 0.0704. The van der Waals surface area contributed by atoms with E-state index in [2.05, 4.69) is 0 Å². The third kappa shape index (κ3) is 2.82. The van der Waals surface area contributed by atoms with Crippen molar-refractivity contribution in [2.75, 3.05) is 0 Å². The summed E-state index contributed by atoms with van der Waals surface area (Å²) in [5.41, 5.74) is 0.216. The van der Waals surface area contributed by atoms with E-state index in [0.717, 1.165) is 6.07 Å². The molecule has 0 bridgehead atoms. The van der Waals surface area contributed by atoms with Crippen molar-refractivity contribution < 1.29 is 9.13 Å². The molecule has 0 saturated heterocycles. The SMILES string of the molecule is N#Cc1ccc(Oc2cc(Cl)ccc2C#N)cc1F. The van der Waals surface area contributed by atoms with Crippen molar-refractivity contribution in [3.05, 3.63) is 58.4 Å². The predicted molar refractivity (Wildman–Crippen MR) is 67.4 cm³/mol. The van der Waals surface area contributed by atoms with Crippen LogP contribution in [0.2, 0.25) is 5.02 Å². The minimum atomic E-state index is -0.680. The van der Waals surface area contributed by atoms with Gasteiger partial charge in [0.2, 0.25) is 0 Å². The second-order valence-corrected chi connectivity index (χ2v) is 4.04. The van der Waals surface area contributed by atoms with Crippen LogP contribution >= 0.6 is 11.6 Å². The van der Waals surface area contributed by atoms with Gasteiger partial charge in [0.05, 0.1) is 11.1 Å². The molecule has 3 nitrogen and oxygen atoms in total. The molecule has 0 N–H and O–H groups in total. The molecule has 5 heteroatoms. The van der Waals surface area contributed by atoms with Gasteiger partial charge in [-0.1, -0.05) is 11.6 Å². The Morgan fingerprint density at radius 2 is 1.68 bits per heavy atom. The molecule has 0 saturated carbocycles. The fourth-order valence-corrected chi connectivity index (χ4v) is 1.61. The zero-order valence-corrected chi connectivity index (χ0v) is 10.3. The Labute approximate surface area is 114 Å². The van der Waals surface area contributed by atoms with Gasteiger partial charge in [-0.2, -0.15) is 10.5 Å². The number of ether oxygens (including phenoxy) is 1. The van der Waals surface area contributed by atoms with Crippen LogP contribution in [0.1, 0.15) is 11.1 Å². The molecule has 2 aromatic carbocycles. The molecule has 0 spiro atoms. The molecule has 0 heterocycles. The summed E-state index contributed by atoms with van der Waals surface area (Å²) in [4.78, 5) is 0. The van der Waals surface area contributed by atoms with E-state index in [9.17, 15) is 4.39 Å². The molecule has 92 valence electrons. The molecule has 0 fully saturated rings. The normalized spacial score (nSPS) is 9.47. The van der Waals surface area contributed by atoms with Crippen LogP contribution in [0.15, 0.2) is 36.4 Å². The van der Waals surface area contributed by atoms with Crippen LogP contribution in [-0.2, 0) is 0 Å². The molecular weight excluding hydrogens is 267 g/mol. The van der Waals surface area contributed by atoms with E-state index in [1.807, 2.05) is 6.07 Å². The number of nitriles is 2. The Hall–Kier alpha value is -2.56. The van der Waals surface area contributed by atoms with Crippen molar-refractivity contribution >= 4 is 11.6 Å². The van der Waals surface area contributed by atoms with Gasteiger partial charge in [-0.25, -0.2) is 4.39 Å². The molecule has 0 atom stereocenters. The van der Waals surface area contributed by atoms with E-state index in [-0.39, 0.29) is 22.6 Å². The summed E-state index contributed by atoms with van der Waals surface area (Å²) in [5, 5.41) is 18.0. The molecular formula is C14H6ClFN2O. The first kappa shape index (κ1) is 12.9. The van der Waals surface area contributed by atoms with Crippen LogP contribution in [0.4, 0.5) is 4.39 Å². The lowest BCUT2D eigenvalue weighted by Gasteiger charge is -2.08. The summed E-state index contributed by atoms with van der Waals surface area (Å²) in [6.45, 7) is 0. The zero-order chi connectivity index (χ0) is 13.8. The Bertz CT molecular complexity index is 716. The van der Waals surface area contributed by atoms with E-state index in [4.69, 9.17) is 26.9 Å². The molecule has 0 unspecified atom stereocenters. The van der Waals surface area contributed by atoms with E-state index in [1.54, 1.807) is 12.1 Å². The molecule has 0 aromatic heterocycles. The van der Waals surface area contributed by atoms with Crippen molar-refractivity contribution in [2.45, 2.75) is 0 Å². The largest absolute Gasteiger partial charge is 0.456 e. The number of benzene rings is 2. The third-order valence-corrected chi connectivity index (χ3v) is 2.59. The van der Waals surface area contributed by atoms with Gasteiger partial charge in [0.15, 0.2) is 0 Å². The van der Waals surface area contributed by atoms with Gasteiger partial charge in [0, 0.05) is 17.2 Å². The molecule has 2 rings (SSSR count). The number of rotatable bonds is 2. The highest BCUT2D eigenvalue weighted by atomic mass is 35.5. The highest BCUT2D eigenvalue weighted by molar-refractivity contribution is 6.30. The van der Waals surface area contributed by atoms with Crippen molar-refractivity contribution in [1.82, 2.24) is 0 Å². The summed E-state index contributed by atoms with van der Waals surface area (Å²) in [6.07, 6.45) is 0. The van der Waals surface area contributed by atoms with Crippen molar-refractivity contribution in [3.8, 4) is 23.6 Å². The first-order chi connectivity index (χ1) is 9.13. The van der Waals surface area contributed by atoms with E-state index in [0.29, 0.717) is 5.02 Å². The van der Waals surface area contributed by atoms with Crippen molar-refractivity contribution in [2.24, 2.45) is 0 Å². The Morgan fingerprint density at radius 3 is 2.32 bits per heavy atom. The predicted octanol–water partition coefficient (Wildman–Crippen LogP) is 4.01. The van der Waals surface area contributed by atoms with Gasteiger partial charge < -0.3 is 4.74 Å². The third-order valence-electron chi connectivity index (χ3n) is 2.35. The Morgan fingerprint density at radius 1 is 1.00 bits per heavy atom. The van der Waals surface area contributed by atoms with Gasteiger partial charge in [-0.05, 0) is 24.3 Å². The smallest absolute Gasteiger partial charge is 0.146 e. The summed E-state index contributed by atoms with van der Waals surface area (Å²) in [6, 6.07) is 12.0. The monoisotopic (exact) mass is 272 g/mol. The summed E-state index contributed by atoms with van der Waals surface area (Å²) in [7, 11) is 0. The lowest BCUT2D eigenvalue weighted by atomic mass is 10.2. The fraction of sp³-hybridized carbons (Fsp3) is 0. The second kappa shape index (κ2) is 5.39. The Kier molecular flexibility index (Phi) is 3.66. The maximum Gasteiger partial charge on any atom is 0.146 e. The highest BCUT2D eigenvalue weighted by Crippen LogP contribution is 2.28. The van der Waals surface area contributed by atoms with Crippen LogP contribution < -0.4 is 4.74 Å². The molecule has 0 amide bonds. The van der Waals surface area contributed by atoms with Crippen LogP contribution in [-0.4, -0.2) is 0 Å². The summed E-state index contributed by atoms with van der Waals surface area (Å²) < 4.78 is 18.8. The first-order valence-corrected chi connectivity index (χ1v) is 5.59. The average Bonchev–Trinajstić information content (AvgIpc) is 2.39. The van der Waals surface area contributed by atoms with Gasteiger partial charge >= 0.3 is 0 Å². The minimum Gasteiger partial charge on any atom is -0.456 e. The van der Waals surface area contributed by atoms with E-state index >= 15 is 0 Å². The van der Waals surface area contributed by atoms with Crippen LogP contribution in [0.3, 0.4) is 0 Å². The maximum atomic E-state index is 13.4. The first-order valence-electron chi connectivity index (χ1n) is 5.21. The molecule has 19 heavy (non-hydrogen) atoms. The maximum absolute atomic E-state index is 13.4. The van der Waals surface area contributed by atoms with Crippen molar-refractivity contribution in [1.29, 1.82) is 10.5 Å². The average molecular weight is 273 g/mol. The number of nitrogens with zero attached hydrogens (tertiary/aromatic N) is 2. The molecule has 0 aliphatic rings. The zero-order valence-electron chi connectivity index (χ0n) is 9.52. The number of hydrogen-bond donors (Lipinski definition) is 0. The second-order valence-electron chi connectivity index (χ2n) is 3.61. The van der Waals surface area contributed by atoms with Gasteiger partial charge in [-0.3, -0.25) is 0 Å². The molecule has 0 aliphatic carbocycles. The van der Waals surface area contributed by atoms with Crippen LogP contribution in [0, 0.1) is 28.5 Å². The van der Waals surface area contributed by atoms with Crippen LogP contribution in [0.25, 0.3) is 0 Å². The van der Waals surface area contributed by atoms with Gasteiger partial charge in [0.1, 0.15) is 29.5 Å². The van der Waals surface area contributed by atoms with E-state index in [1.165, 1.54) is 24.3 Å². The highest BCUT2D eigenvalue weighted by Gasteiger charge is 2.08. The fourth-order valence-electron chi connectivity index (χ4n) is 1.45. The quantitative estimate of drug-likeness (QED) is 0.830. The van der Waals surface area contributed by atoms with Crippen LogP contribution in [0.5, 0.6) is 11.5 Å². The lowest BCUT2D eigenvalue weighted by Crippen LogP contribution is -1.90. The molecule has 0 radical (unpaired) electrons. The molecule has 2 aromatic rings. The summed E-state index contributed by atoms with van der Waals surface area (Å²) in [5.74, 6) is -0.255. The van der Waals surface area contributed by atoms with Crippen molar-refractivity contribution in [3.63, 3.8) is 0 Å².